The van der Waals surface area contributed by atoms with Gasteiger partial charge in [0.1, 0.15) is 0 Å². The maximum atomic E-state index is 11.6. The molecule has 21 heavy (non-hydrogen) atoms. The first-order valence-electron chi connectivity index (χ1n) is 7.56. The highest BCUT2D eigenvalue weighted by Crippen LogP contribution is 2.31. The summed E-state index contributed by atoms with van der Waals surface area (Å²) in [6.07, 6.45) is 2.80. The van der Waals surface area contributed by atoms with Crippen LogP contribution < -0.4 is 5.73 Å². The van der Waals surface area contributed by atoms with E-state index >= 15 is 0 Å². The molecule has 0 fully saturated rings. The Morgan fingerprint density at radius 1 is 1.33 bits per heavy atom. The minimum atomic E-state index is -0.857. The van der Waals surface area contributed by atoms with Crippen molar-refractivity contribution in [1.29, 1.82) is 0 Å². The van der Waals surface area contributed by atoms with Gasteiger partial charge in [-0.05, 0) is 62.9 Å². The van der Waals surface area contributed by atoms with Gasteiger partial charge in [-0.2, -0.15) is 0 Å². The zero-order valence-corrected chi connectivity index (χ0v) is 13.1. The number of nitrogens with two attached hydrogens (primary N) is 1. The molecule has 0 amide bonds. The number of benzene rings is 1. The second kappa shape index (κ2) is 6.31. The van der Waals surface area contributed by atoms with Crippen LogP contribution in [0, 0.1) is 13.8 Å². The van der Waals surface area contributed by atoms with Gasteiger partial charge in [-0.1, -0.05) is 6.92 Å². The molecule has 0 atom stereocenters. The number of rotatable bonds is 6. The summed E-state index contributed by atoms with van der Waals surface area (Å²) < 4.78 is 2.16. The minimum Gasteiger partial charge on any atom is -0.478 e. The van der Waals surface area contributed by atoms with Gasteiger partial charge in [0.25, 0.3) is 0 Å². The Bertz CT molecular complexity index is 671. The van der Waals surface area contributed by atoms with Crippen molar-refractivity contribution in [3.8, 4) is 0 Å². The number of hydrogen-bond acceptors (Lipinski definition) is 2. The van der Waals surface area contributed by atoms with Crippen molar-refractivity contribution in [3.05, 3.63) is 34.5 Å². The summed E-state index contributed by atoms with van der Waals surface area (Å²) in [4.78, 5) is 11.6. The molecule has 0 aliphatic carbocycles. The smallest absolute Gasteiger partial charge is 0.337 e. The lowest BCUT2D eigenvalue weighted by atomic mass is 10.0. The highest BCUT2D eigenvalue weighted by atomic mass is 16.4. The number of nitrogens with zero attached hydrogens (tertiary/aromatic N) is 1. The molecule has 1 aromatic heterocycles. The SMILES string of the molecule is CCCn1c(C)c(CCCN)c2cc(C)cc(C(=O)O)c21. The molecule has 0 aliphatic rings. The van der Waals surface area contributed by atoms with Crippen LogP contribution in [0.1, 0.15) is 46.9 Å². The van der Waals surface area contributed by atoms with E-state index < -0.39 is 5.97 Å². The van der Waals surface area contributed by atoms with Crippen molar-refractivity contribution in [2.24, 2.45) is 5.73 Å². The molecule has 3 N–H and O–H groups in total. The highest BCUT2D eigenvalue weighted by Gasteiger charge is 2.19. The van der Waals surface area contributed by atoms with Crippen molar-refractivity contribution in [2.75, 3.05) is 6.54 Å². The Morgan fingerprint density at radius 3 is 2.62 bits per heavy atom. The summed E-state index contributed by atoms with van der Waals surface area (Å²) in [5.74, 6) is -0.857. The van der Waals surface area contributed by atoms with Crippen molar-refractivity contribution < 1.29 is 9.90 Å². The molecule has 0 unspecified atom stereocenters. The number of aromatic carboxylic acids is 1. The molecule has 2 aromatic rings. The maximum Gasteiger partial charge on any atom is 0.337 e. The lowest BCUT2D eigenvalue weighted by Gasteiger charge is -2.09. The van der Waals surface area contributed by atoms with E-state index in [-0.39, 0.29) is 0 Å². The van der Waals surface area contributed by atoms with Crippen LogP contribution in [0.2, 0.25) is 0 Å². The van der Waals surface area contributed by atoms with Gasteiger partial charge in [-0.25, -0.2) is 4.79 Å². The van der Waals surface area contributed by atoms with E-state index in [1.54, 1.807) is 6.07 Å². The molecule has 0 radical (unpaired) electrons. The summed E-state index contributed by atoms with van der Waals surface area (Å²) >= 11 is 0. The van der Waals surface area contributed by atoms with Gasteiger partial charge in [-0.3, -0.25) is 0 Å². The predicted octanol–water partition coefficient (Wildman–Crippen LogP) is 3.26. The quantitative estimate of drug-likeness (QED) is 0.857. The Labute approximate surface area is 125 Å². The van der Waals surface area contributed by atoms with E-state index in [1.807, 2.05) is 6.92 Å². The normalized spacial score (nSPS) is 11.2. The van der Waals surface area contributed by atoms with Crippen molar-refractivity contribution in [1.82, 2.24) is 4.57 Å². The summed E-state index contributed by atoms with van der Waals surface area (Å²) in [5.41, 5.74) is 10.3. The van der Waals surface area contributed by atoms with Crippen LogP contribution in [0.15, 0.2) is 12.1 Å². The average Bonchev–Trinajstić information content (AvgIpc) is 2.69. The second-order valence-corrected chi connectivity index (χ2v) is 5.62. The van der Waals surface area contributed by atoms with Crippen molar-refractivity contribution in [2.45, 2.75) is 46.6 Å². The van der Waals surface area contributed by atoms with Crippen molar-refractivity contribution >= 4 is 16.9 Å². The topological polar surface area (TPSA) is 68.2 Å². The van der Waals surface area contributed by atoms with Crippen molar-refractivity contribution in [3.63, 3.8) is 0 Å². The Balaban J connectivity index is 2.79. The molecule has 0 saturated heterocycles. The van der Waals surface area contributed by atoms with Crippen LogP contribution >= 0.6 is 0 Å². The molecule has 0 bridgehead atoms. The fourth-order valence-corrected chi connectivity index (χ4v) is 3.09. The number of aromatic nitrogens is 1. The monoisotopic (exact) mass is 288 g/mol. The van der Waals surface area contributed by atoms with Crippen LogP contribution in [0.5, 0.6) is 0 Å². The van der Waals surface area contributed by atoms with E-state index in [2.05, 4.69) is 24.5 Å². The highest BCUT2D eigenvalue weighted by molar-refractivity contribution is 6.04. The molecule has 4 heteroatoms. The van der Waals surface area contributed by atoms with E-state index in [4.69, 9.17) is 5.73 Å². The van der Waals surface area contributed by atoms with Gasteiger partial charge in [-0.15, -0.1) is 0 Å². The fourth-order valence-electron chi connectivity index (χ4n) is 3.09. The van der Waals surface area contributed by atoms with Crippen LogP contribution in [0.3, 0.4) is 0 Å². The number of carboxylic acid groups (broad SMARTS) is 1. The second-order valence-electron chi connectivity index (χ2n) is 5.62. The molecule has 1 heterocycles. The molecular formula is C17H24N2O2. The van der Waals surface area contributed by atoms with Gasteiger partial charge >= 0.3 is 5.97 Å². The number of fused-ring (bicyclic) bond motifs is 1. The van der Waals surface area contributed by atoms with Gasteiger partial charge < -0.3 is 15.4 Å². The van der Waals surface area contributed by atoms with E-state index in [1.165, 1.54) is 11.3 Å². The lowest BCUT2D eigenvalue weighted by Crippen LogP contribution is -2.05. The largest absolute Gasteiger partial charge is 0.478 e. The number of aryl methyl sites for hydroxylation is 3. The van der Waals surface area contributed by atoms with Gasteiger partial charge in [0.05, 0.1) is 11.1 Å². The summed E-state index contributed by atoms with van der Waals surface area (Å²) in [6.45, 7) is 7.64. The molecule has 114 valence electrons. The Morgan fingerprint density at radius 2 is 2.05 bits per heavy atom. The molecule has 2 rings (SSSR count). The lowest BCUT2D eigenvalue weighted by molar-refractivity contribution is 0.0698. The van der Waals surface area contributed by atoms with Gasteiger partial charge in [0.15, 0.2) is 0 Å². The first-order chi connectivity index (χ1) is 10.0. The number of carbonyl (C=O) groups is 1. The summed E-state index contributed by atoms with van der Waals surface area (Å²) in [7, 11) is 0. The zero-order chi connectivity index (χ0) is 15.6. The van der Waals surface area contributed by atoms with Crippen LogP contribution in [-0.2, 0) is 13.0 Å². The Hall–Kier alpha value is -1.81. The molecule has 0 spiro atoms. The first kappa shape index (κ1) is 15.6. The summed E-state index contributed by atoms with van der Waals surface area (Å²) in [5, 5.41) is 10.6. The third-order valence-corrected chi connectivity index (χ3v) is 4.00. The molecule has 1 aromatic carbocycles. The Kier molecular flexibility index (Phi) is 4.68. The summed E-state index contributed by atoms with van der Waals surface area (Å²) in [6, 6.07) is 3.87. The van der Waals surface area contributed by atoms with Gasteiger partial charge in [0.2, 0.25) is 0 Å². The van der Waals surface area contributed by atoms with E-state index in [0.717, 1.165) is 42.3 Å². The molecule has 0 aliphatic heterocycles. The number of carboxylic acids is 1. The zero-order valence-electron chi connectivity index (χ0n) is 13.1. The average molecular weight is 288 g/mol. The first-order valence-corrected chi connectivity index (χ1v) is 7.56. The third kappa shape index (κ3) is 2.81. The van der Waals surface area contributed by atoms with Crippen LogP contribution in [0.25, 0.3) is 10.9 Å². The van der Waals surface area contributed by atoms with Crippen LogP contribution in [-0.4, -0.2) is 22.2 Å². The standard InChI is InChI=1S/C17H24N2O2/c1-4-8-19-12(3)13(6-5-7-18)14-9-11(2)10-15(16(14)19)17(20)21/h9-10H,4-8,18H2,1-3H3,(H,20,21). The van der Waals surface area contributed by atoms with Gasteiger partial charge in [0, 0.05) is 17.6 Å². The number of hydrogen-bond donors (Lipinski definition) is 2. The predicted molar refractivity (Wildman–Crippen MR) is 86.0 cm³/mol. The molecule has 0 saturated carbocycles. The minimum absolute atomic E-state index is 0.403. The van der Waals surface area contributed by atoms with Crippen LogP contribution in [0.4, 0.5) is 0 Å². The molecule has 4 nitrogen and oxygen atoms in total. The van der Waals surface area contributed by atoms with E-state index in [9.17, 15) is 9.90 Å². The van der Waals surface area contributed by atoms with E-state index in [0.29, 0.717) is 12.1 Å². The fraction of sp³-hybridized carbons (Fsp3) is 0.471. The third-order valence-electron chi connectivity index (χ3n) is 4.00. The maximum absolute atomic E-state index is 11.6. The molecular weight excluding hydrogens is 264 g/mol.